The Morgan fingerprint density at radius 2 is 1.80 bits per heavy atom. The highest BCUT2D eigenvalue weighted by molar-refractivity contribution is 6.00. The number of nitrogens with zero attached hydrogens (tertiary/aromatic N) is 1. The lowest BCUT2D eigenvalue weighted by atomic mass is 9.94. The number of H-pyrrole nitrogens is 1. The van der Waals surface area contributed by atoms with Crippen LogP contribution in [0.2, 0.25) is 0 Å². The van der Waals surface area contributed by atoms with E-state index in [0.29, 0.717) is 35.1 Å². The summed E-state index contributed by atoms with van der Waals surface area (Å²) in [7, 11) is 3.54. The van der Waals surface area contributed by atoms with Crippen LogP contribution in [-0.4, -0.2) is 42.0 Å². The van der Waals surface area contributed by atoms with Gasteiger partial charge in [0.2, 0.25) is 0 Å². The molecular weight excluding hydrogens is 378 g/mol. The van der Waals surface area contributed by atoms with Gasteiger partial charge in [-0.25, -0.2) is 4.79 Å². The largest absolute Gasteiger partial charge is 0.465 e. The Kier molecular flexibility index (Phi) is 7.32. The Morgan fingerprint density at radius 3 is 2.47 bits per heavy atom. The van der Waals surface area contributed by atoms with Crippen molar-refractivity contribution in [3.8, 4) is 0 Å². The Balaban J connectivity index is 1.68. The minimum absolute atomic E-state index is 0.221. The van der Waals surface area contributed by atoms with Crippen LogP contribution in [0.15, 0.2) is 24.3 Å². The molecule has 1 aliphatic carbocycles. The van der Waals surface area contributed by atoms with Crippen molar-refractivity contribution in [2.45, 2.75) is 65.1 Å². The third-order valence-corrected chi connectivity index (χ3v) is 6.23. The van der Waals surface area contributed by atoms with Gasteiger partial charge in [-0.2, -0.15) is 0 Å². The molecule has 0 spiro atoms. The zero-order chi connectivity index (χ0) is 21.7. The average molecular weight is 412 g/mol. The van der Waals surface area contributed by atoms with Crippen LogP contribution in [0.25, 0.3) is 0 Å². The SMILES string of the molecule is COC(=O)c1c(C)[nH]c(C(=O)NCc2ccccc2CN(C)C2CCCCC2)c1C. The molecule has 30 heavy (non-hydrogen) atoms. The number of methoxy groups -OCH3 is 1. The smallest absolute Gasteiger partial charge is 0.339 e. The molecular formula is C24H33N3O3. The molecule has 162 valence electrons. The van der Waals surface area contributed by atoms with Crippen molar-refractivity contribution in [2.75, 3.05) is 14.2 Å². The number of esters is 1. The number of aromatic amines is 1. The molecule has 1 fully saturated rings. The van der Waals surface area contributed by atoms with Gasteiger partial charge in [-0.1, -0.05) is 43.5 Å². The van der Waals surface area contributed by atoms with Gasteiger partial charge in [-0.05, 0) is 50.4 Å². The number of hydrogen-bond donors (Lipinski definition) is 2. The molecule has 1 heterocycles. The summed E-state index contributed by atoms with van der Waals surface area (Å²) in [6.07, 6.45) is 6.51. The number of nitrogens with one attached hydrogen (secondary N) is 2. The number of carbonyl (C=O) groups excluding carboxylic acids is 2. The summed E-state index contributed by atoms with van der Waals surface area (Å²) in [4.78, 5) is 30.2. The molecule has 1 saturated carbocycles. The first-order chi connectivity index (χ1) is 14.4. The van der Waals surface area contributed by atoms with Crippen LogP contribution in [0, 0.1) is 13.8 Å². The maximum absolute atomic E-state index is 12.8. The maximum Gasteiger partial charge on any atom is 0.339 e. The van der Waals surface area contributed by atoms with Crippen LogP contribution in [0.4, 0.5) is 0 Å². The van der Waals surface area contributed by atoms with Gasteiger partial charge in [0.25, 0.3) is 5.91 Å². The molecule has 2 aromatic rings. The molecule has 1 aromatic carbocycles. The number of ether oxygens (including phenoxy) is 1. The second-order valence-corrected chi connectivity index (χ2v) is 8.27. The monoisotopic (exact) mass is 411 g/mol. The highest BCUT2D eigenvalue weighted by Crippen LogP contribution is 2.24. The van der Waals surface area contributed by atoms with Crippen molar-refractivity contribution < 1.29 is 14.3 Å². The highest BCUT2D eigenvalue weighted by Gasteiger charge is 2.23. The van der Waals surface area contributed by atoms with Crippen LogP contribution in [0.3, 0.4) is 0 Å². The molecule has 6 heteroatoms. The standard InChI is InChI=1S/C24H33N3O3/c1-16-21(24(29)30-4)17(2)26-22(16)23(28)25-14-18-10-8-9-11-19(18)15-27(3)20-12-6-5-7-13-20/h8-11,20,26H,5-7,12-15H2,1-4H3,(H,25,28). The quantitative estimate of drug-likeness (QED) is 0.673. The minimum atomic E-state index is -0.434. The second-order valence-electron chi connectivity index (χ2n) is 8.27. The molecule has 0 radical (unpaired) electrons. The summed E-state index contributed by atoms with van der Waals surface area (Å²) in [6.45, 7) is 4.85. The predicted molar refractivity (Wildman–Crippen MR) is 118 cm³/mol. The normalized spacial score (nSPS) is 14.7. The van der Waals surface area contributed by atoms with Crippen molar-refractivity contribution in [1.29, 1.82) is 0 Å². The topological polar surface area (TPSA) is 74.4 Å². The Labute approximate surface area is 179 Å². The predicted octanol–water partition coefficient (Wildman–Crippen LogP) is 4.11. The summed E-state index contributed by atoms with van der Waals surface area (Å²) in [5, 5.41) is 3.01. The van der Waals surface area contributed by atoms with Gasteiger partial charge in [0.05, 0.1) is 12.7 Å². The zero-order valence-corrected chi connectivity index (χ0v) is 18.5. The van der Waals surface area contributed by atoms with Crippen molar-refractivity contribution in [3.05, 3.63) is 57.9 Å². The fraction of sp³-hybridized carbons (Fsp3) is 0.500. The van der Waals surface area contributed by atoms with Gasteiger partial charge < -0.3 is 15.0 Å². The third-order valence-electron chi connectivity index (χ3n) is 6.23. The van der Waals surface area contributed by atoms with Crippen molar-refractivity contribution in [1.82, 2.24) is 15.2 Å². The van der Waals surface area contributed by atoms with Crippen molar-refractivity contribution in [3.63, 3.8) is 0 Å². The maximum atomic E-state index is 12.8. The molecule has 0 unspecified atom stereocenters. The van der Waals surface area contributed by atoms with Gasteiger partial charge >= 0.3 is 5.97 Å². The number of amides is 1. The van der Waals surface area contributed by atoms with E-state index in [-0.39, 0.29) is 5.91 Å². The minimum Gasteiger partial charge on any atom is -0.465 e. The first kappa shape index (κ1) is 22.1. The van der Waals surface area contributed by atoms with Crippen LogP contribution in [0.1, 0.15) is 75.3 Å². The highest BCUT2D eigenvalue weighted by atomic mass is 16.5. The van der Waals surface area contributed by atoms with Crippen LogP contribution in [0.5, 0.6) is 0 Å². The Morgan fingerprint density at radius 1 is 1.13 bits per heavy atom. The fourth-order valence-electron chi connectivity index (χ4n) is 4.45. The van der Waals surface area contributed by atoms with E-state index in [2.05, 4.69) is 40.4 Å². The van der Waals surface area contributed by atoms with Gasteiger partial charge in [0, 0.05) is 24.8 Å². The molecule has 0 aliphatic heterocycles. The Bertz CT molecular complexity index is 897. The molecule has 0 atom stereocenters. The molecule has 1 aromatic heterocycles. The van der Waals surface area contributed by atoms with Crippen LogP contribution >= 0.6 is 0 Å². The van der Waals surface area contributed by atoms with E-state index < -0.39 is 5.97 Å². The third kappa shape index (κ3) is 4.93. The summed E-state index contributed by atoms with van der Waals surface area (Å²) >= 11 is 0. The number of carbonyl (C=O) groups is 2. The van der Waals surface area contributed by atoms with E-state index in [1.807, 2.05) is 6.07 Å². The summed E-state index contributed by atoms with van der Waals surface area (Å²) < 4.78 is 4.83. The van der Waals surface area contributed by atoms with Crippen molar-refractivity contribution >= 4 is 11.9 Å². The zero-order valence-electron chi connectivity index (χ0n) is 18.5. The summed E-state index contributed by atoms with van der Waals surface area (Å²) in [6, 6.07) is 8.90. The first-order valence-corrected chi connectivity index (χ1v) is 10.7. The van der Waals surface area contributed by atoms with E-state index in [9.17, 15) is 9.59 Å². The molecule has 3 rings (SSSR count). The van der Waals surface area contributed by atoms with Crippen LogP contribution < -0.4 is 5.32 Å². The number of benzene rings is 1. The van der Waals surface area contributed by atoms with Crippen LogP contribution in [-0.2, 0) is 17.8 Å². The average Bonchev–Trinajstić information content (AvgIpc) is 3.07. The molecule has 6 nitrogen and oxygen atoms in total. The molecule has 0 bridgehead atoms. The molecule has 0 saturated heterocycles. The fourth-order valence-corrected chi connectivity index (χ4v) is 4.45. The molecule has 1 amide bonds. The van der Waals surface area contributed by atoms with E-state index in [1.165, 1.54) is 44.8 Å². The lowest BCUT2D eigenvalue weighted by Crippen LogP contribution is -2.33. The lowest BCUT2D eigenvalue weighted by molar-refractivity contribution is 0.0599. The van der Waals surface area contributed by atoms with Gasteiger partial charge in [0.15, 0.2) is 0 Å². The van der Waals surface area contributed by atoms with Gasteiger partial charge in [-0.15, -0.1) is 0 Å². The molecule has 1 aliphatic rings. The molecule has 2 N–H and O–H groups in total. The number of aryl methyl sites for hydroxylation is 1. The first-order valence-electron chi connectivity index (χ1n) is 10.7. The van der Waals surface area contributed by atoms with E-state index >= 15 is 0 Å². The van der Waals surface area contributed by atoms with E-state index in [4.69, 9.17) is 4.74 Å². The van der Waals surface area contributed by atoms with E-state index in [1.54, 1.807) is 13.8 Å². The number of hydrogen-bond acceptors (Lipinski definition) is 4. The van der Waals surface area contributed by atoms with Gasteiger partial charge in [0.1, 0.15) is 5.69 Å². The number of aromatic nitrogens is 1. The van der Waals surface area contributed by atoms with Crippen molar-refractivity contribution in [2.24, 2.45) is 0 Å². The summed E-state index contributed by atoms with van der Waals surface area (Å²) in [5.41, 5.74) is 4.44. The Hall–Kier alpha value is -2.60. The lowest BCUT2D eigenvalue weighted by Gasteiger charge is -2.31. The van der Waals surface area contributed by atoms with E-state index in [0.717, 1.165) is 12.1 Å². The summed E-state index contributed by atoms with van der Waals surface area (Å²) in [5.74, 6) is -0.655. The second kappa shape index (κ2) is 9.94. The number of rotatable bonds is 7. The van der Waals surface area contributed by atoms with Gasteiger partial charge in [-0.3, -0.25) is 9.69 Å².